The topological polar surface area (TPSA) is 58.9 Å². The van der Waals surface area contributed by atoms with E-state index in [4.69, 9.17) is 29.2 Å². The molecule has 4 nitrogen and oxygen atoms in total. The Hall–Kier alpha value is -2.74. The fraction of sp³-hybridized carbons (Fsp3) is 0.136. The van der Waals surface area contributed by atoms with Crippen LogP contribution < -0.4 is 10.5 Å². The first-order chi connectivity index (χ1) is 14.0. The highest BCUT2D eigenvalue weighted by atomic mass is 32.1. The summed E-state index contributed by atoms with van der Waals surface area (Å²) >= 11 is 10.5. The number of rotatable bonds is 5. The Balaban J connectivity index is 1.54. The maximum Gasteiger partial charge on any atom is 0.320 e. The Morgan fingerprint density at radius 1 is 1.10 bits per heavy atom. The predicted octanol–water partition coefficient (Wildman–Crippen LogP) is 3.40. The quantitative estimate of drug-likeness (QED) is 0.295. The second kappa shape index (κ2) is 7.94. The van der Waals surface area contributed by atoms with E-state index in [1.807, 2.05) is 42.5 Å². The number of halogens is 1. The number of carbonyl (C=O) groups is 1. The van der Waals surface area contributed by atoms with Crippen molar-refractivity contribution >= 4 is 40.3 Å². The average Bonchev–Trinajstić information content (AvgIpc) is 3.30. The van der Waals surface area contributed by atoms with Crippen molar-refractivity contribution in [2.24, 2.45) is 0 Å². The Morgan fingerprint density at radius 3 is 2.55 bits per heavy atom. The van der Waals surface area contributed by atoms with Gasteiger partial charge in [0.1, 0.15) is 11.6 Å². The van der Waals surface area contributed by atoms with Crippen LogP contribution in [0.2, 0.25) is 0 Å². The lowest BCUT2D eigenvalue weighted by Crippen LogP contribution is -2.56. The molecule has 0 fully saturated rings. The molecule has 4 rings (SSSR count). The van der Waals surface area contributed by atoms with Gasteiger partial charge >= 0.3 is 5.97 Å². The first-order valence-corrected chi connectivity index (χ1v) is 9.94. The van der Waals surface area contributed by atoms with Crippen LogP contribution in [0.5, 0.6) is 5.75 Å². The van der Waals surface area contributed by atoms with E-state index in [1.54, 1.807) is 0 Å². The summed E-state index contributed by atoms with van der Waals surface area (Å²) in [5, 5.41) is 0. The lowest BCUT2D eigenvalue weighted by molar-refractivity contribution is -0.206. The zero-order valence-electron chi connectivity index (χ0n) is 15.4. The molecule has 3 aromatic rings. The van der Waals surface area contributed by atoms with E-state index in [-0.39, 0.29) is 16.3 Å². The van der Waals surface area contributed by atoms with Crippen LogP contribution in [0.15, 0.2) is 60.7 Å². The van der Waals surface area contributed by atoms with E-state index in [9.17, 15) is 9.18 Å². The minimum atomic E-state index is -0.555. The monoisotopic (exact) mass is 425 g/mol. The molecule has 0 aliphatic carbocycles. The van der Waals surface area contributed by atoms with Gasteiger partial charge in [0.2, 0.25) is 4.99 Å². The summed E-state index contributed by atoms with van der Waals surface area (Å²) in [5.74, 6) is -1.24. The van der Waals surface area contributed by atoms with Crippen LogP contribution in [0.4, 0.5) is 4.39 Å². The Labute approximate surface area is 178 Å². The van der Waals surface area contributed by atoms with Gasteiger partial charge in [-0.2, -0.15) is 0 Å². The zero-order chi connectivity index (χ0) is 20.5. The molecule has 146 valence electrons. The van der Waals surface area contributed by atoms with Crippen LogP contribution in [0.1, 0.15) is 34.9 Å². The predicted molar refractivity (Wildman–Crippen MR) is 116 cm³/mol. The highest BCUT2D eigenvalue weighted by Crippen LogP contribution is 2.33. The molecule has 1 unspecified atom stereocenters. The number of fused-ring (bicyclic) bond motifs is 1. The Morgan fingerprint density at radius 2 is 1.86 bits per heavy atom. The number of esters is 1. The highest BCUT2D eigenvalue weighted by molar-refractivity contribution is 7.81. The number of nitrogens with zero attached hydrogens (tertiary/aromatic N) is 1. The normalized spacial score (nSPS) is 15.0. The summed E-state index contributed by atoms with van der Waals surface area (Å²) in [7, 11) is 0. The van der Waals surface area contributed by atoms with Crippen LogP contribution in [0.3, 0.4) is 0 Å². The summed E-state index contributed by atoms with van der Waals surface area (Å²) < 4.78 is 21.6. The number of quaternary nitrogens is 1. The third-order valence-corrected chi connectivity index (χ3v) is 5.69. The average molecular weight is 426 g/mol. The molecule has 0 saturated heterocycles. The Bertz CT molecular complexity index is 1130. The van der Waals surface area contributed by atoms with Gasteiger partial charge in [-0.3, -0.25) is 4.79 Å². The van der Waals surface area contributed by atoms with E-state index in [0.29, 0.717) is 13.0 Å². The van der Waals surface area contributed by atoms with Gasteiger partial charge in [0, 0.05) is 18.3 Å². The van der Waals surface area contributed by atoms with Gasteiger partial charge in [0.15, 0.2) is 0 Å². The molecule has 0 radical (unpaired) electrons. The van der Waals surface area contributed by atoms with Crippen molar-refractivity contribution < 1.29 is 19.7 Å². The molecule has 1 aliphatic heterocycles. The first kappa shape index (κ1) is 19.6. The van der Waals surface area contributed by atoms with Gasteiger partial charge in [-0.1, -0.05) is 42.5 Å². The Kier molecular flexibility index (Phi) is 5.36. The molecule has 1 aliphatic rings. The van der Waals surface area contributed by atoms with E-state index in [1.165, 1.54) is 12.1 Å². The number of ether oxygens (including phenoxy) is 1. The molecule has 0 bridgehead atoms. The van der Waals surface area contributed by atoms with Gasteiger partial charge in [-0.15, -0.1) is 0 Å². The number of hydrogen-bond donors (Lipinski definition) is 1. The van der Waals surface area contributed by atoms with E-state index in [2.05, 4.69) is 10.3 Å². The van der Waals surface area contributed by atoms with Crippen molar-refractivity contribution in [3.8, 4) is 5.75 Å². The summed E-state index contributed by atoms with van der Waals surface area (Å²) in [6, 6.07) is 17.8. The minimum Gasteiger partial charge on any atom is -0.426 e. The number of carbonyl (C=O) groups excluding carboxylic acids is 1. The van der Waals surface area contributed by atoms with E-state index >= 15 is 0 Å². The molecule has 7 heteroatoms. The van der Waals surface area contributed by atoms with Gasteiger partial charge in [-0.05, 0) is 48.5 Å². The second-order valence-corrected chi connectivity index (χ2v) is 7.72. The van der Waals surface area contributed by atoms with Crippen LogP contribution in [0, 0.1) is 5.82 Å². The van der Waals surface area contributed by atoms with Crippen LogP contribution in [0.25, 0.3) is 0 Å². The molecule has 0 saturated carbocycles. The smallest absolute Gasteiger partial charge is 0.320 e. The van der Waals surface area contributed by atoms with Gasteiger partial charge in [0.25, 0.3) is 0 Å². The lowest BCUT2D eigenvalue weighted by atomic mass is 10.1. The molecule has 29 heavy (non-hydrogen) atoms. The SMILES string of the molecule is [NH3+]C(=S)c1ccc(OC(=O)C2CCn3c(C(=S)c4ccccc4)ccc32)cc1F. The summed E-state index contributed by atoms with van der Waals surface area (Å²) in [6.07, 6.45) is 0.614. The van der Waals surface area contributed by atoms with Gasteiger partial charge in [-0.25, -0.2) is 4.39 Å². The van der Waals surface area contributed by atoms with Crippen molar-refractivity contribution in [1.82, 2.24) is 4.57 Å². The maximum absolute atomic E-state index is 14.1. The number of hydrogen-bond acceptors (Lipinski definition) is 4. The molecule has 2 aromatic carbocycles. The summed E-state index contributed by atoms with van der Waals surface area (Å²) in [5.41, 5.74) is 6.53. The fourth-order valence-corrected chi connectivity index (χ4v) is 4.07. The molecular weight excluding hydrogens is 407 g/mol. The van der Waals surface area contributed by atoms with Crippen molar-refractivity contribution in [3.05, 3.63) is 89.0 Å². The van der Waals surface area contributed by atoms with Gasteiger partial charge < -0.3 is 15.0 Å². The minimum absolute atomic E-state index is 0.150. The highest BCUT2D eigenvalue weighted by Gasteiger charge is 2.32. The number of benzene rings is 2. The second-order valence-electron chi connectivity index (χ2n) is 6.82. The summed E-state index contributed by atoms with van der Waals surface area (Å²) in [4.78, 5) is 13.7. The molecule has 1 aromatic heterocycles. The van der Waals surface area contributed by atoms with Gasteiger partial charge in [0.05, 0.1) is 22.0 Å². The fourth-order valence-electron chi connectivity index (χ4n) is 3.59. The zero-order valence-corrected chi connectivity index (χ0v) is 17.1. The van der Waals surface area contributed by atoms with Crippen molar-refractivity contribution in [3.63, 3.8) is 0 Å². The third kappa shape index (κ3) is 3.76. The largest absolute Gasteiger partial charge is 0.426 e. The van der Waals surface area contributed by atoms with Crippen LogP contribution >= 0.6 is 24.4 Å². The van der Waals surface area contributed by atoms with Crippen molar-refractivity contribution in [1.29, 1.82) is 0 Å². The lowest BCUT2D eigenvalue weighted by Gasteiger charge is -2.10. The maximum atomic E-state index is 14.1. The standard InChI is InChI=1S/C22H17FN2O2S2/c23-17-12-14(6-7-15(17)21(24)29)27-22(26)16-10-11-25-18(16)8-9-19(25)20(28)13-4-2-1-3-5-13/h1-9,12,16H,10-11H2,(H2,24,29)/p+1. The number of thiocarbonyl (C=S) groups is 2. The summed E-state index contributed by atoms with van der Waals surface area (Å²) in [6.45, 7) is 0.674. The third-order valence-electron chi connectivity index (χ3n) is 5.03. The van der Waals surface area contributed by atoms with E-state index in [0.717, 1.165) is 27.9 Å². The number of aromatic nitrogens is 1. The van der Waals surface area contributed by atoms with Crippen molar-refractivity contribution in [2.75, 3.05) is 0 Å². The van der Waals surface area contributed by atoms with Crippen molar-refractivity contribution in [2.45, 2.75) is 18.9 Å². The van der Waals surface area contributed by atoms with Crippen LogP contribution in [-0.4, -0.2) is 20.4 Å². The molecule has 1 atom stereocenters. The molecule has 2 heterocycles. The molecule has 3 N–H and O–H groups in total. The van der Waals surface area contributed by atoms with Crippen LogP contribution in [-0.2, 0) is 11.3 Å². The first-order valence-electron chi connectivity index (χ1n) is 9.12. The molecule has 0 amide bonds. The molecular formula is C22H18FN2O2S2+. The molecule has 0 spiro atoms. The van der Waals surface area contributed by atoms with E-state index < -0.39 is 17.7 Å².